The van der Waals surface area contributed by atoms with E-state index in [9.17, 15) is 4.79 Å². The van der Waals surface area contributed by atoms with Crippen molar-refractivity contribution in [2.24, 2.45) is 4.99 Å². The monoisotopic (exact) mass is 239 g/mol. The Hall–Kier alpha value is -1.39. The number of ether oxygens (including phenoxy) is 2. The number of para-hydroxylation sites is 1. The van der Waals surface area contributed by atoms with E-state index in [0.29, 0.717) is 11.4 Å². The molecule has 5 heteroatoms. The molecule has 0 spiro atoms. The summed E-state index contributed by atoms with van der Waals surface area (Å²) in [5.41, 5.74) is 1.10. The van der Waals surface area contributed by atoms with Crippen LogP contribution >= 0.6 is 11.6 Å². The number of benzene rings is 1. The van der Waals surface area contributed by atoms with Crippen LogP contribution in [0, 0.1) is 0 Å². The van der Waals surface area contributed by atoms with E-state index in [1.165, 1.54) is 7.11 Å². The Morgan fingerprint density at radius 3 is 2.69 bits per heavy atom. The molecule has 4 nitrogen and oxygen atoms in total. The molecule has 0 amide bonds. The first-order chi connectivity index (χ1) is 7.72. The topological polar surface area (TPSA) is 47.9 Å². The van der Waals surface area contributed by atoms with Gasteiger partial charge in [0.15, 0.2) is 5.38 Å². The fraction of sp³-hybridized carbons (Fsp3) is 0.273. The Morgan fingerprint density at radius 2 is 2.06 bits per heavy atom. The number of carbonyl (C=O) groups excluding carboxylic acids is 1. The molecular formula is C11H10ClNO3. The minimum absolute atomic E-state index is 0.389. The Bertz CT molecular complexity index is 418. The second-order valence-corrected chi connectivity index (χ2v) is 3.68. The van der Waals surface area contributed by atoms with E-state index >= 15 is 0 Å². The molecule has 16 heavy (non-hydrogen) atoms. The first kappa shape index (κ1) is 11.1. The molecule has 1 saturated heterocycles. The molecule has 2 atom stereocenters. The first-order valence-electron chi connectivity index (χ1n) is 4.73. The van der Waals surface area contributed by atoms with Crippen molar-refractivity contribution in [1.82, 2.24) is 0 Å². The van der Waals surface area contributed by atoms with Crippen molar-refractivity contribution < 1.29 is 14.3 Å². The van der Waals surface area contributed by atoms with E-state index in [1.807, 2.05) is 30.3 Å². The fourth-order valence-electron chi connectivity index (χ4n) is 1.40. The van der Waals surface area contributed by atoms with Gasteiger partial charge in [-0.05, 0) is 12.1 Å². The van der Waals surface area contributed by atoms with Gasteiger partial charge in [0.2, 0.25) is 6.29 Å². The van der Waals surface area contributed by atoms with Gasteiger partial charge in [-0.25, -0.2) is 9.79 Å². The van der Waals surface area contributed by atoms with E-state index in [4.69, 9.17) is 21.1 Å². The number of hydrogen-bond acceptors (Lipinski definition) is 4. The quantitative estimate of drug-likeness (QED) is 0.585. The van der Waals surface area contributed by atoms with Crippen LogP contribution in [-0.4, -0.2) is 30.5 Å². The summed E-state index contributed by atoms with van der Waals surface area (Å²) in [5, 5.41) is -0.870. The van der Waals surface area contributed by atoms with Crippen LogP contribution in [-0.2, 0) is 14.3 Å². The second kappa shape index (κ2) is 4.63. The minimum Gasteiger partial charge on any atom is -0.428 e. The summed E-state index contributed by atoms with van der Waals surface area (Å²) in [4.78, 5) is 15.5. The largest absolute Gasteiger partial charge is 0.428 e. The molecule has 84 valence electrons. The first-order valence-corrected chi connectivity index (χ1v) is 5.17. The average Bonchev–Trinajstić information content (AvgIpc) is 2.58. The van der Waals surface area contributed by atoms with Gasteiger partial charge in [0.1, 0.15) is 5.71 Å². The predicted molar refractivity (Wildman–Crippen MR) is 60.1 cm³/mol. The standard InChI is InChI=1S/C11H10ClNO3/c1-15-11-9(8(12)10(14)16-11)13-7-5-3-2-4-6-7/h2-6,8,11H,1H3. The lowest BCUT2D eigenvalue weighted by molar-refractivity contribution is -0.153. The van der Waals surface area contributed by atoms with Crippen molar-refractivity contribution in [3.63, 3.8) is 0 Å². The van der Waals surface area contributed by atoms with Crippen LogP contribution in [0.1, 0.15) is 0 Å². The molecule has 1 aromatic carbocycles. The van der Waals surface area contributed by atoms with E-state index in [1.54, 1.807) is 0 Å². The number of hydrogen-bond donors (Lipinski definition) is 0. The zero-order valence-corrected chi connectivity index (χ0v) is 9.35. The average molecular weight is 240 g/mol. The maximum atomic E-state index is 11.2. The van der Waals surface area contributed by atoms with Gasteiger partial charge in [-0.3, -0.25) is 0 Å². The van der Waals surface area contributed by atoms with Crippen LogP contribution in [0.5, 0.6) is 0 Å². The highest BCUT2D eigenvalue weighted by Crippen LogP contribution is 2.22. The minimum atomic E-state index is -0.870. The van der Waals surface area contributed by atoms with Gasteiger partial charge in [-0.15, -0.1) is 11.6 Å². The molecule has 1 heterocycles. The van der Waals surface area contributed by atoms with E-state index in [2.05, 4.69) is 4.99 Å². The molecule has 0 saturated carbocycles. The van der Waals surface area contributed by atoms with Gasteiger partial charge >= 0.3 is 5.97 Å². The van der Waals surface area contributed by atoms with Crippen molar-refractivity contribution in [2.45, 2.75) is 11.7 Å². The van der Waals surface area contributed by atoms with Crippen LogP contribution in [0.4, 0.5) is 5.69 Å². The summed E-state index contributed by atoms with van der Waals surface area (Å²) < 4.78 is 9.86. The summed E-state index contributed by atoms with van der Waals surface area (Å²) in [5.74, 6) is -0.525. The highest BCUT2D eigenvalue weighted by Gasteiger charge is 2.40. The van der Waals surface area contributed by atoms with Crippen molar-refractivity contribution in [3.05, 3.63) is 30.3 Å². The van der Waals surface area contributed by atoms with Gasteiger partial charge in [-0.1, -0.05) is 18.2 Å². The van der Waals surface area contributed by atoms with Crippen LogP contribution in [0.3, 0.4) is 0 Å². The van der Waals surface area contributed by atoms with Gasteiger partial charge < -0.3 is 9.47 Å². The van der Waals surface area contributed by atoms with Gasteiger partial charge in [0.05, 0.1) is 5.69 Å². The number of aliphatic imine (C=N–C) groups is 1. The SMILES string of the molecule is COC1OC(=O)C(Cl)C1=Nc1ccccc1. The van der Waals surface area contributed by atoms with Crippen LogP contribution in [0.2, 0.25) is 0 Å². The Morgan fingerprint density at radius 1 is 1.38 bits per heavy atom. The maximum absolute atomic E-state index is 11.2. The van der Waals surface area contributed by atoms with Crippen LogP contribution < -0.4 is 0 Å². The second-order valence-electron chi connectivity index (χ2n) is 3.24. The summed E-state index contributed by atoms with van der Waals surface area (Å²) in [7, 11) is 1.44. The number of methoxy groups -OCH3 is 1. The molecule has 0 aromatic heterocycles. The van der Waals surface area contributed by atoms with Crippen LogP contribution in [0.25, 0.3) is 0 Å². The highest BCUT2D eigenvalue weighted by molar-refractivity contribution is 6.44. The normalized spacial score (nSPS) is 27.1. The number of cyclic esters (lactones) is 1. The lowest BCUT2D eigenvalue weighted by Gasteiger charge is -2.07. The van der Waals surface area contributed by atoms with Gasteiger partial charge in [-0.2, -0.15) is 0 Å². The fourth-order valence-corrected chi connectivity index (χ4v) is 1.60. The van der Waals surface area contributed by atoms with Crippen molar-refractivity contribution in [2.75, 3.05) is 7.11 Å². The molecule has 1 aliphatic heterocycles. The van der Waals surface area contributed by atoms with E-state index < -0.39 is 17.6 Å². The lowest BCUT2D eigenvalue weighted by atomic mass is 10.2. The third-order valence-corrected chi connectivity index (χ3v) is 2.56. The van der Waals surface area contributed by atoms with Gasteiger partial charge in [0.25, 0.3) is 0 Å². The van der Waals surface area contributed by atoms with Gasteiger partial charge in [0, 0.05) is 7.11 Å². The lowest BCUT2D eigenvalue weighted by Crippen LogP contribution is -2.22. The summed E-state index contributed by atoms with van der Waals surface area (Å²) in [6.45, 7) is 0. The molecule has 0 radical (unpaired) electrons. The van der Waals surface area contributed by atoms with E-state index in [-0.39, 0.29) is 0 Å². The summed E-state index contributed by atoms with van der Waals surface area (Å²) in [6, 6.07) is 9.20. The number of esters is 1. The van der Waals surface area contributed by atoms with Crippen molar-refractivity contribution >= 4 is 29.0 Å². The van der Waals surface area contributed by atoms with Crippen LogP contribution in [0.15, 0.2) is 35.3 Å². The molecule has 0 N–H and O–H groups in total. The molecular weight excluding hydrogens is 230 g/mol. The third-order valence-electron chi connectivity index (χ3n) is 2.16. The van der Waals surface area contributed by atoms with Crippen molar-refractivity contribution in [3.8, 4) is 0 Å². The Kier molecular flexibility index (Phi) is 3.22. The predicted octanol–water partition coefficient (Wildman–Crippen LogP) is 1.90. The number of nitrogens with zero attached hydrogens (tertiary/aromatic N) is 1. The Balaban J connectivity index is 2.31. The number of halogens is 1. The van der Waals surface area contributed by atoms with E-state index in [0.717, 1.165) is 0 Å². The molecule has 2 rings (SSSR count). The summed E-state index contributed by atoms with van der Waals surface area (Å²) >= 11 is 5.87. The zero-order valence-electron chi connectivity index (χ0n) is 8.59. The number of rotatable bonds is 2. The molecule has 2 unspecified atom stereocenters. The zero-order chi connectivity index (χ0) is 11.5. The molecule has 0 bridgehead atoms. The highest BCUT2D eigenvalue weighted by atomic mass is 35.5. The maximum Gasteiger partial charge on any atom is 0.332 e. The van der Waals surface area contributed by atoms with Crippen molar-refractivity contribution in [1.29, 1.82) is 0 Å². The smallest absolute Gasteiger partial charge is 0.332 e. The number of alkyl halides is 1. The molecule has 0 aliphatic carbocycles. The Labute approximate surface area is 97.8 Å². The number of carbonyl (C=O) groups is 1. The third kappa shape index (κ3) is 2.08. The molecule has 1 aliphatic rings. The summed E-state index contributed by atoms with van der Waals surface area (Å²) in [6.07, 6.45) is -0.782. The molecule has 1 fully saturated rings. The molecule has 1 aromatic rings.